The average molecular weight is 297 g/mol. The van der Waals surface area contributed by atoms with Crippen LogP contribution in [0.1, 0.15) is 32.3 Å². The average Bonchev–Trinajstić information content (AvgIpc) is 2.98. The minimum Gasteiger partial charge on any atom is -0.396 e. The highest BCUT2D eigenvalue weighted by Crippen LogP contribution is 2.30. The molecular formula is C16H25ClN2O. The molecule has 0 radical (unpaired) electrons. The Morgan fingerprint density at radius 2 is 2.00 bits per heavy atom. The van der Waals surface area contributed by atoms with Crippen LogP contribution in [0.5, 0.6) is 0 Å². The molecule has 0 aliphatic carbocycles. The van der Waals surface area contributed by atoms with Gasteiger partial charge in [-0.3, -0.25) is 0 Å². The minimum atomic E-state index is 0.204. The number of aliphatic hydroxyl groups excluding tert-OH is 1. The molecule has 1 fully saturated rings. The normalized spacial score (nSPS) is 18.3. The largest absolute Gasteiger partial charge is 0.396 e. The lowest BCUT2D eigenvalue weighted by Crippen LogP contribution is -2.34. The Morgan fingerprint density at radius 3 is 2.65 bits per heavy atom. The Hall–Kier alpha value is -0.770. The highest BCUT2D eigenvalue weighted by Gasteiger charge is 2.18. The predicted molar refractivity (Wildman–Crippen MR) is 85.5 cm³/mol. The molecule has 0 spiro atoms. The van der Waals surface area contributed by atoms with E-state index < -0.39 is 0 Å². The van der Waals surface area contributed by atoms with Crippen LogP contribution in [0.3, 0.4) is 0 Å². The summed E-state index contributed by atoms with van der Waals surface area (Å²) in [5.74, 6) is 0.243. The van der Waals surface area contributed by atoms with Gasteiger partial charge in [0.1, 0.15) is 0 Å². The zero-order valence-electron chi connectivity index (χ0n) is 12.4. The lowest BCUT2D eigenvalue weighted by atomic mass is 10.0. The molecule has 112 valence electrons. The maximum absolute atomic E-state index is 9.21. The van der Waals surface area contributed by atoms with Crippen molar-refractivity contribution in [2.75, 3.05) is 24.6 Å². The van der Waals surface area contributed by atoms with Gasteiger partial charge in [-0.05, 0) is 37.8 Å². The third-order valence-electron chi connectivity index (χ3n) is 4.28. The number of nitrogens with one attached hydrogen (secondary N) is 1. The summed E-state index contributed by atoms with van der Waals surface area (Å²) in [7, 11) is 0. The molecule has 2 rings (SSSR count). The molecule has 2 atom stereocenters. The highest BCUT2D eigenvalue weighted by atomic mass is 35.5. The molecule has 1 aromatic carbocycles. The number of rotatable bonds is 6. The van der Waals surface area contributed by atoms with Crippen LogP contribution in [0.15, 0.2) is 18.2 Å². The van der Waals surface area contributed by atoms with Crippen LogP contribution >= 0.6 is 11.6 Å². The molecule has 0 aromatic heterocycles. The second kappa shape index (κ2) is 7.30. The lowest BCUT2D eigenvalue weighted by Gasteiger charge is -2.25. The summed E-state index contributed by atoms with van der Waals surface area (Å²) in [4.78, 5) is 2.42. The van der Waals surface area contributed by atoms with Crippen LogP contribution in [-0.4, -0.2) is 30.8 Å². The molecule has 0 bridgehead atoms. The summed E-state index contributed by atoms with van der Waals surface area (Å²) in [6, 6.07) is 6.41. The van der Waals surface area contributed by atoms with Gasteiger partial charge in [0.15, 0.2) is 0 Å². The third kappa shape index (κ3) is 3.66. The van der Waals surface area contributed by atoms with E-state index in [2.05, 4.69) is 23.2 Å². The summed E-state index contributed by atoms with van der Waals surface area (Å²) in [5, 5.41) is 13.5. The Kier molecular flexibility index (Phi) is 5.70. The van der Waals surface area contributed by atoms with Crippen molar-refractivity contribution in [2.24, 2.45) is 5.92 Å². The fourth-order valence-corrected chi connectivity index (χ4v) is 2.84. The second-order valence-electron chi connectivity index (χ2n) is 5.76. The van der Waals surface area contributed by atoms with Crippen LogP contribution in [0.4, 0.5) is 5.69 Å². The summed E-state index contributed by atoms with van der Waals surface area (Å²) in [5.41, 5.74) is 2.43. The van der Waals surface area contributed by atoms with Crippen molar-refractivity contribution in [3.63, 3.8) is 0 Å². The molecule has 1 heterocycles. The Bertz CT molecular complexity index is 432. The van der Waals surface area contributed by atoms with Crippen molar-refractivity contribution < 1.29 is 5.11 Å². The van der Waals surface area contributed by atoms with E-state index in [4.69, 9.17) is 11.6 Å². The van der Waals surface area contributed by atoms with E-state index in [1.54, 1.807) is 0 Å². The van der Waals surface area contributed by atoms with Crippen LogP contribution in [0.2, 0.25) is 5.02 Å². The summed E-state index contributed by atoms with van der Waals surface area (Å²) in [6.07, 6.45) is 2.52. The van der Waals surface area contributed by atoms with Crippen molar-refractivity contribution in [1.29, 1.82) is 0 Å². The van der Waals surface area contributed by atoms with Gasteiger partial charge >= 0.3 is 0 Å². The van der Waals surface area contributed by atoms with Crippen LogP contribution in [-0.2, 0) is 6.54 Å². The quantitative estimate of drug-likeness (QED) is 0.847. The first-order valence-electron chi connectivity index (χ1n) is 7.50. The smallest absolute Gasteiger partial charge is 0.0471 e. The van der Waals surface area contributed by atoms with E-state index >= 15 is 0 Å². The molecule has 20 heavy (non-hydrogen) atoms. The van der Waals surface area contributed by atoms with Crippen LogP contribution < -0.4 is 10.2 Å². The summed E-state index contributed by atoms with van der Waals surface area (Å²) < 4.78 is 0. The molecule has 1 saturated heterocycles. The number of benzene rings is 1. The lowest BCUT2D eigenvalue weighted by molar-refractivity contribution is 0.207. The third-order valence-corrected chi connectivity index (χ3v) is 4.64. The summed E-state index contributed by atoms with van der Waals surface area (Å²) in [6.45, 7) is 7.34. The number of hydrogen-bond acceptors (Lipinski definition) is 3. The topological polar surface area (TPSA) is 35.5 Å². The minimum absolute atomic E-state index is 0.204. The monoisotopic (exact) mass is 296 g/mol. The molecular weight excluding hydrogens is 272 g/mol. The molecule has 2 unspecified atom stereocenters. The first-order valence-corrected chi connectivity index (χ1v) is 7.88. The molecule has 0 amide bonds. The van der Waals surface area contributed by atoms with Crippen LogP contribution in [0, 0.1) is 5.92 Å². The Labute approximate surface area is 126 Å². The molecule has 1 aromatic rings. The van der Waals surface area contributed by atoms with E-state index in [-0.39, 0.29) is 18.6 Å². The molecule has 0 saturated carbocycles. The van der Waals surface area contributed by atoms with Gasteiger partial charge in [-0.1, -0.05) is 24.6 Å². The van der Waals surface area contributed by atoms with Gasteiger partial charge in [-0.25, -0.2) is 0 Å². The fourth-order valence-electron chi connectivity index (χ4n) is 2.60. The van der Waals surface area contributed by atoms with E-state index in [0.717, 1.165) is 24.7 Å². The van der Waals surface area contributed by atoms with Crippen molar-refractivity contribution in [2.45, 2.75) is 39.3 Å². The van der Waals surface area contributed by atoms with E-state index in [0.29, 0.717) is 0 Å². The number of halogens is 1. The highest BCUT2D eigenvalue weighted by molar-refractivity contribution is 6.31. The summed E-state index contributed by atoms with van der Waals surface area (Å²) >= 11 is 6.39. The number of nitrogens with zero attached hydrogens (tertiary/aromatic N) is 1. The van der Waals surface area contributed by atoms with Crippen molar-refractivity contribution in [3.8, 4) is 0 Å². The second-order valence-corrected chi connectivity index (χ2v) is 6.17. The van der Waals surface area contributed by atoms with Gasteiger partial charge in [0.2, 0.25) is 0 Å². The van der Waals surface area contributed by atoms with Crippen LogP contribution in [0.25, 0.3) is 0 Å². The predicted octanol–water partition coefficient (Wildman–Crippen LogP) is 3.05. The first-order chi connectivity index (χ1) is 9.63. The van der Waals surface area contributed by atoms with Crippen molar-refractivity contribution >= 4 is 17.3 Å². The van der Waals surface area contributed by atoms with Gasteiger partial charge < -0.3 is 15.3 Å². The molecule has 4 heteroatoms. The fraction of sp³-hybridized carbons (Fsp3) is 0.625. The number of anilines is 1. The molecule has 2 N–H and O–H groups in total. The van der Waals surface area contributed by atoms with Crippen molar-refractivity contribution in [1.82, 2.24) is 5.32 Å². The maximum atomic E-state index is 9.21. The van der Waals surface area contributed by atoms with E-state index in [9.17, 15) is 5.11 Å². The zero-order valence-corrected chi connectivity index (χ0v) is 13.2. The Morgan fingerprint density at radius 1 is 1.30 bits per heavy atom. The molecule has 1 aliphatic rings. The maximum Gasteiger partial charge on any atom is 0.0471 e. The number of aliphatic hydroxyl groups is 1. The standard InChI is InChI=1S/C16H25ClN2O/c1-12(11-20)13(2)18-10-14-15(17)6-5-7-16(14)19-8-3-4-9-19/h5-7,12-13,18,20H,3-4,8-11H2,1-2H3. The van der Waals surface area contributed by atoms with Gasteiger partial charge in [0.05, 0.1) is 0 Å². The van der Waals surface area contributed by atoms with Crippen molar-refractivity contribution in [3.05, 3.63) is 28.8 Å². The van der Waals surface area contributed by atoms with Gasteiger partial charge in [0.25, 0.3) is 0 Å². The first kappa shape index (κ1) is 15.6. The zero-order chi connectivity index (χ0) is 14.5. The van der Waals surface area contributed by atoms with E-state index in [1.807, 2.05) is 19.1 Å². The van der Waals surface area contributed by atoms with Gasteiger partial charge in [0, 0.05) is 48.6 Å². The SMILES string of the molecule is CC(CO)C(C)NCc1c(Cl)cccc1N1CCCC1. The molecule has 3 nitrogen and oxygen atoms in total. The van der Waals surface area contributed by atoms with Gasteiger partial charge in [-0.15, -0.1) is 0 Å². The Balaban J connectivity index is 2.09. The van der Waals surface area contributed by atoms with E-state index in [1.165, 1.54) is 24.1 Å². The molecule has 1 aliphatic heterocycles. The number of hydrogen-bond donors (Lipinski definition) is 2. The van der Waals surface area contributed by atoms with Gasteiger partial charge in [-0.2, -0.15) is 0 Å².